The van der Waals surface area contributed by atoms with Crippen LogP contribution in [-0.4, -0.2) is 18.3 Å². The van der Waals surface area contributed by atoms with E-state index in [-0.39, 0.29) is 17.2 Å². The average molecular weight is 419 g/mol. The number of rotatable bonds is 7. The van der Waals surface area contributed by atoms with Gasteiger partial charge in [-0.2, -0.15) is 13.2 Å². The molecule has 0 saturated heterocycles. The number of anilines is 1. The third kappa shape index (κ3) is 5.67. The minimum absolute atomic E-state index is 0.0254. The molecule has 0 aromatic heterocycles. The molecule has 7 heteroatoms. The Morgan fingerprint density at radius 3 is 2.52 bits per heavy atom. The van der Waals surface area contributed by atoms with Gasteiger partial charge in [-0.1, -0.05) is 37.3 Å². The summed E-state index contributed by atoms with van der Waals surface area (Å²) in [5.41, 5.74) is -0.809. The molecule has 3 aromatic carbocycles. The molecule has 0 heterocycles. The number of ether oxygens (including phenoxy) is 1. The van der Waals surface area contributed by atoms with Crippen molar-refractivity contribution in [1.82, 2.24) is 0 Å². The Bertz CT molecular complexity index is 1000. The van der Waals surface area contributed by atoms with Gasteiger partial charge in [-0.05, 0) is 47.5 Å². The van der Waals surface area contributed by atoms with E-state index in [9.17, 15) is 18.0 Å². The van der Waals surface area contributed by atoms with Gasteiger partial charge >= 0.3 is 6.18 Å². The third-order valence-electron chi connectivity index (χ3n) is 4.13. The van der Waals surface area contributed by atoms with E-state index in [4.69, 9.17) is 4.74 Å². The highest BCUT2D eigenvalue weighted by molar-refractivity contribution is 8.00. The van der Waals surface area contributed by atoms with Gasteiger partial charge in [0, 0.05) is 4.90 Å². The summed E-state index contributed by atoms with van der Waals surface area (Å²) in [6.45, 7) is 2.24. The van der Waals surface area contributed by atoms with Crippen molar-refractivity contribution < 1.29 is 22.7 Å². The van der Waals surface area contributed by atoms with E-state index in [1.807, 2.05) is 49.4 Å². The first-order valence-corrected chi connectivity index (χ1v) is 10.1. The van der Waals surface area contributed by atoms with Crippen molar-refractivity contribution in [3.05, 3.63) is 66.2 Å². The third-order valence-corrected chi connectivity index (χ3v) is 5.13. The number of thioether (sulfide) groups is 1. The van der Waals surface area contributed by atoms with Crippen LogP contribution in [0.4, 0.5) is 18.9 Å². The van der Waals surface area contributed by atoms with Crippen LogP contribution in [0.2, 0.25) is 0 Å². The lowest BCUT2D eigenvalue weighted by molar-refractivity contribution is -0.137. The monoisotopic (exact) mass is 419 g/mol. The molecule has 0 unspecified atom stereocenters. The minimum atomic E-state index is -4.50. The summed E-state index contributed by atoms with van der Waals surface area (Å²) in [6, 6.07) is 16.8. The maximum absolute atomic E-state index is 13.0. The Labute approximate surface area is 171 Å². The summed E-state index contributed by atoms with van der Waals surface area (Å²) in [7, 11) is 0. The summed E-state index contributed by atoms with van der Waals surface area (Å²) in [6.07, 6.45) is -3.80. The highest BCUT2D eigenvalue weighted by atomic mass is 32.2. The molecule has 1 N–H and O–H groups in total. The summed E-state index contributed by atoms with van der Waals surface area (Å²) >= 11 is 1.32. The zero-order chi connectivity index (χ0) is 20.9. The number of fused-ring (bicyclic) bond motifs is 1. The van der Waals surface area contributed by atoms with Crippen LogP contribution in [0.5, 0.6) is 5.75 Å². The first-order valence-electron chi connectivity index (χ1n) is 9.12. The van der Waals surface area contributed by atoms with Gasteiger partial charge in [-0.25, -0.2) is 0 Å². The first-order chi connectivity index (χ1) is 13.9. The van der Waals surface area contributed by atoms with Crippen LogP contribution < -0.4 is 10.1 Å². The standard InChI is InChI=1S/C22H20F3NO2S/c1-2-11-28-20-10-8-17(22(23,24)25)13-19(20)26-21(27)14-29-18-9-7-15-5-3-4-6-16(15)12-18/h3-10,12-13H,2,11,14H2,1H3,(H,26,27). The predicted octanol–water partition coefficient (Wildman–Crippen LogP) is 6.38. The molecule has 3 nitrogen and oxygen atoms in total. The number of benzene rings is 3. The average Bonchev–Trinajstić information content (AvgIpc) is 2.70. The maximum atomic E-state index is 13.0. The quantitative estimate of drug-likeness (QED) is 0.452. The lowest BCUT2D eigenvalue weighted by atomic mass is 10.1. The van der Waals surface area contributed by atoms with Gasteiger partial charge in [-0.3, -0.25) is 4.79 Å². The smallest absolute Gasteiger partial charge is 0.416 e. The zero-order valence-corrected chi connectivity index (χ0v) is 16.6. The molecule has 0 spiro atoms. The fraction of sp³-hybridized carbons (Fsp3) is 0.227. The molecule has 0 atom stereocenters. The summed E-state index contributed by atoms with van der Waals surface area (Å²) < 4.78 is 44.6. The normalized spacial score (nSPS) is 11.4. The number of amides is 1. The van der Waals surface area contributed by atoms with Crippen molar-refractivity contribution in [3.63, 3.8) is 0 Å². The second-order valence-electron chi connectivity index (χ2n) is 6.40. The van der Waals surface area contributed by atoms with Crippen molar-refractivity contribution in [2.45, 2.75) is 24.4 Å². The van der Waals surface area contributed by atoms with Gasteiger partial charge in [0.1, 0.15) is 5.75 Å². The molecule has 0 aliphatic heterocycles. The summed E-state index contributed by atoms with van der Waals surface area (Å²) in [5, 5.41) is 4.72. The Hall–Kier alpha value is -2.67. The van der Waals surface area contributed by atoms with E-state index in [1.165, 1.54) is 17.8 Å². The molecular weight excluding hydrogens is 399 g/mol. The number of carbonyl (C=O) groups excluding carboxylic acids is 1. The van der Waals surface area contributed by atoms with Crippen molar-refractivity contribution >= 4 is 34.1 Å². The van der Waals surface area contributed by atoms with Gasteiger partial charge in [0.15, 0.2) is 0 Å². The van der Waals surface area contributed by atoms with Crippen molar-refractivity contribution in [2.24, 2.45) is 0 Å². The molecule has 3 aromatic rings. The molecule has 0 bridgehead atoms. The first kappa shape index (κ1) is 21.0. The molecular formula is C22H20F3NO2S. The van der Waals surface area contributed by atoms with Crippen LogP contribution in [0.3, 0.4) is 0 Å². The van der Waals surface area contributed by atoms with E-state index in [2.05, 4.69) is 5.32 Å². The number of halogens is 3. The van der Waals surface area contributed by atoms with Crippen LogP contribution in [0.25, 0.3) is 10.8 Å². The van der Waals surface area contributed by atoms with Crippen molar-refractivity contribution in [1.29, 1.82) is 0 Å². The highest BCUT2D eigenvalue weighted by Crippen LogP contribution is 2.35. The van der Waals surface area contributed by atoms with E-state index in [1.54, 1.807) is 0 Å². The SMILES string of the molecule is CCCOc1ccc(C(F)(F)F)cc1NC(=O)CSc1ccc2ccccc2c1. The zero-order valence-electron chi connectivity index (χ0n) is 15.8. The molecule has 152 valence electrons. The fourth-order valence-electron chi connectivity index (χ4n) is 2.73. The van der Waals surface area contributed by atoms with Crippen molar-refractivity contribution in [3.8, 4) is 5.75 Å². The van der Waals surface area contributed by atoms with Crippen molar-refractivity contribution in [2.75, 3.05) is 17.7 Å². The van der Waals surface area contributed by atoms with Gasteiger partial charge in [0.2, 0.25) is 5.91 Å². The number of hydrogen-bond acceptors (Lipinski definition) is 3. The second kappa shape index (κ2) is 9.22. The number of alkyl halides is 3. The van der Waals surface area contributed by atoms with Gasteiger partial charge < -0.3 is 10.1 Å². The Balaban J connectivity index is 1.70. The number of carbonyl (C=O) groups is 1. The summed E-state index contributed by atoms with van der Waals surface area (Å²) in [4.78, 5) is 13.3. The van der Waals surface area contributed by atoms with E-state index in [0.717, 1.165) is 27.8 Å². The van der Waals surface area contributed by atoms with Gasteiger partial charge in [0.05, 0.1) is 23.6 Å². The Morgan fingerprint density at radius 2 is 1.79 bits per heavy atom. The Kier molecular flexibility index (Phi) is 6.69. The van der Waals surface area contributed by atoms with E-state index in [0.29, 0.717) is 13.0 Å². The van der Waals surface area contributed by atoms with Crippen LogP contribution >= 0.6 is 11.8 Å². The molecule has 0 saturated carbocycles. The lowest BCUT2D eigenvalue weighted by Crippen LogP contribution is -2.16. The molecule has 1 amide bonds. The lowest BCUT2D eigenvalue weighted by Gasteiger charge is -2.15. The van der Waals surface area contributed by atoms with Crippen LogP contribution in [0.1, 0.15) is 18.9 Å². The second-order valence-corrected chi connectivity index (χ2v) is 7.45. The van der Waals surface area contributed by atoms with Crippen LogP contribution in [0, 0.1) is 0 Å². The van der Waals surface area contributed by atoms with E-state index >= 15 is 0 Å². The summed E-state index contributed by atoms with van der Waals surface area (Å²) in [5.74, 6) is -0.102. The maximum Gasteiger partial charge on any atom is 0.416 e. The molecule has 0 radical (unpaired) electrons. The Morgan fingerprint density at radius 1 is 1.03 bits per heavy atom. The number of nitrogens with one attached hydrogen (secondary N) is 1. The molecule has 0 fully saturated rings. The fourth-order valence-corrected chi connectivity index (χ4v) is 3.48. The van der Waals surface area contributed by atoms with Crippen LogP contribution in [-0.2, 0) is 11.0 Å². The minimum Gasteiger partial charge on any atom is -0.491 e. The van der Waals surface area contributed by atoms with E-state index < -0.39 is 17.6 Å². The highest BCUT2D eigenvalue weighted by Gasteiger charge is 2.31. The molecule has 0 aliphatic rings. The topological polar surface area (TPSA) is 38.3 Å². The molecule has 3 rings (SSSR count). The predicted molar refractivity (Wildman–Crippen MR) is 111 cm³/mol. The van der Waals surface area contributed by atoms with Gasteiger partial charge in [-0.15, -0.1) is 11.8 Å². The van der Waals surface area contributed by atoms with Gasteiger partial charge in [0.25, 0.3) is 0 Å². The number of hydrogen-bond donors (Lipinski definition) is 1. The largest absolute Gasteiger partial charge is 0.491 e. The van der Waals surface area contributed by atoms with Crippen LogP contribution in [0.15, 0.2) is 65.6 Å². The molecule has 0 aliphatic carbocycles. The molecule has 29 heavy (non-hydrogen) atoms.